The van der Waals surface area contributed by atoms with Crippen molar-refractivity contribution in [2.24, 2.45) is 0 Å². The highest BCUT2D eigenvalue weighted by atomic mass is 16.3. The first-order valence-electron chi connectivity index (χ1n) is 5.71. The van der Waals surface area contributed by atoms with Gasteiger partial charge < -0.3 is 5.11 Å². The molecule has 0 saturated heterocycles. The molecular weight excluding hydrogens is 216 g/mol. The fourth-order valence-corrected chi connectivity index (χ4v) is 1.80. The van der Waals surface area contributed by atoms with Crippen LogP contribution in [0.3, 0.4) is 0 Å². The monoisotopic (exact) mass is 232 g/mol. The van der Waals surface area contributed by atoms with Gasteiger partial charge in [0, 0.05) is 18.9 Å². The van der Waals surface area contributed by atoms with Crippen molar-refractivity contribution in [3.05, 3.63) is 58.8 Å². The Hall–Kier alpha value is -1.81. The van der Waals surface area contributed by atoms with Gasteiger partial charge in [-0.1, -0.05) is 30.3 Å². The number of aromatic nitrogens is 2. The van der Waals surface area contributed by atoms with E-state index in [4.69, 9.17) is 0 Å². The quantitative estimate of drug-likeness (QED) is 0.866. The summed E-state index contributed by atoms with van der Waals surface area (Å²) < 4.78 is 3.14. The molecule has 1 unspecified atom stereocenters. The number of hydrogen-bond donors (Lipinski definition) is 1. The van der Waals surface area contributed by atoms with Gasteiger partial charge in [-0.25, -0.2) is 4.79 Å². The maximum Gasteiger partial charge on any atom is 0.328 e. The molecule has 0 amide bonds. The molecule has 1 atom stereocenters. The Kier molecular flexibility index (Phi) is 3.44. The van der Waals surface area contributed by atoms with Crippen molar-refractivity contribution in [2.75, 3.05) is 0 Å². The Morgan fingerprint density at radius 3 is 2.41 bits per heavy atom. The standard InChI is InChI=1S/C13H16N2O2/c1-2-14-8-9-15(13(14)17)10-12(16)11-6-4-3-5-7-11/h3-9,12,16H,2,10H2,1H3. The average Bonchev–Trinajstić information content (AvgIpc) is 2.71. The number of hydrogen-bond acceptors (Lipinski definition) is 2. The molecule has 4 heteroatoms. The highest BCUT2D eigenvalue weighted by molar-refractivity contribution is 5.17. The SMILES string of the molecule is CCn1ccn(CC(O)c2ccccc2)c1=O. The second-order valence-electron chi connectivity index (χ2n) is 3.95. The zero-order valence-corrected chi connectivity index (χ0v) is 9.78. The molecule has 1 aromatic heterocycles. The molecule has 0 fully saturated rings. The second kappa shape index (κ2) is 5.01. The largest absolute Gasteiger partial charge is 0.387 e. The van der Waals surface area contributed by atoms with Crippen LogP contribution in [0.1, 0.15) is 18.6 Å². The predicted octanol–water partition coefficient (Wildman–Crippen LogP) is 1.40. The summed E-state index contributed by atoms with van der Waals surface area (Å²) in [4.78, 5) is 11.8. The van der Waals surface area contributed by atoms with Crippen LogP contribution in [0.2, 0.25) is 0 Å². The molecule has 0 aliphatic heterocycles. The van der Waals surface area contributed by atoms with Crippen LogP contribution in [0.4, 0.5) is 0 Å². The van der Waals surface area contributed by atoms with E-state index >= 15 is 0 Å². The van der Waals surface area contributed by atoms with Crippen molar-refractivity contribution in [2.45, 2.75) is 26.1 Å². The minimum atomic E-state index is -0.651. The highest BCUT2D eigenvalue weighted by Gasteiger charge is 2.10. The highest BCUT2D eigenvalue weighted by Crippen LogP contribution is 2.13. The molecule has 0 bridgehead atoms. The molecule has 0 radical (unpaired) electrons. The van der Waals surface area contributed by atoms with E-state index in [2.05, 4.69) is 0 Å². The van der Waals surface area contributed by atoms with E-state index in [-0.39, 0.29) is 12.2 Å². The molecule has 2 aromatic rings. The first kappa shape index (κ1) is 11.7. The Morgan fingerprint density at radius 1 is 1.18 bits per heavy atom. The van der Waals surface area contributed by atoms with Crippen LogP contribution in [0, 0.1) is 0 Å². The van der Waals surface area contributed by atoms with Crippen LogP contribution in [0.15, 0.2) is 47.5 Å². The summed E-state index contributed by atoms with van der Waals surface area (Å²) in [6.45, 7) is 2.85. The van der Waals surface area contributed by atoms with Gasteiger partial charge in [0.1, 0.15) is 0 Å². The lowest BCUT2D eigenvalue weighted by atomic mass is 10.1. The van der Waals surface area contributed by atoms with Gasteiger partial charge in [-0.3, -0.25) is 9.13 Å². The Bertz CT molecular complexity index is 528. The number of rotatable bonds is 4. The maximum absolute atomic E-state index is 11.8. The summed E-state index contributed by atoms with van der Waals surface area (Å²) in [5.74, 6) is 0. The maximum atomic E-state index is 11.8. The van der Waals surface area contributed by atoms with Crippen molar-refractivity contribution in [1.82, 2.24) is 9.13 Å². The van der Waals surface area contributed by atoms with Gasteiger partial charge in [-0.05, 0) is 12.5 Å². The van der Waals surface area contributed by atoms with E-state index in [1.54, 1.807) is 17.0 Å². The smallest absolute Gasteiger partial charge is 0.328 e. The number of aliphatic hydroxyl groups is 1. The van der Waals surface area contributed by atoms with Gasteiger partial charge >= 0.3 is 5.69 Å². The summed E-state index contributed by atoms with van der Waals surface area (Å²) in [7, 11) is 0. The molecule has 0 aliphatic rings. The minimum Gasteiger partial charge on any atom is -0.387 e. The van der Waals surface area contributed by atoms with E-state index in [1.165, 1.54) is 4.57 Å². The van der Waals surface area contributed by atoms with E-state index in [9.17, 15) is 9.90 Å². The van der Waals surface area contributed by atoms with Crippen LogP contribution in [0.5, 0.6) is 0 Å². The van der Waals surface area contributed by atoms with E-state index in [0.717, 1.165) is 5.56 Å². The summed E-state index contributed by atoms with van der Waals surface area (Å²) in [5, 5.41) is 10.0. The molecule has 17 heavy (non-hydrogen) atoms. The molecule has 4 nitrogen and oxygen atoms in total. The Balaban J connectivity index is 2.16. The van der Waals surface area contributed by atoms with Crippen molar-refractivity contribution in [3.63, 3.8) is 0 Å². The number of aliphatic hydroxyl groups excluding tert-OH is 1. The second-order valence-corrected chi connectivity index (χ2v) is 3.95. The molecule has 0 spiro atoms. The zero-order valence-electron chi connectivity index (χ0n) is 9.78. The lowest BCUT2D eigenvalue weighted by molar-refractivity contribution is 0.155. The summed E-state index contributed by atoms with van der Waals surface area (Å²) in [5.41, 5.74) is 0.742. The third-order valence-corrected chi connectivity index (χ3v) is 2.81. The van der Waals surface area contributed by atoms with Gasteiger partial charge in [0.15, 0.2) is 0 Å². The minimum absolute atomic E-state index is 0.0810. The van der Waals surface area contributed by atoms with Crippen LogP contribution in [-0.2, 0) is 13.1 Å². The van der Waals surface area contributed by atoms with Gasteiger partial charge in [0.25, 0.3) is 0 Å². The predicted molar refractivity (Wildman–Crippen MR) is 65.8 cm³/mol. The number of imidazole rings is 1. The Morgan fingerprint density at radius 2 is 1.82 bits per heavy atom. The van der Waals surface area contributed by atoms with E-state index in [1.807, 2.05) is 37.3 Å². The molecule has 1 N–H and O–H groups in total. The molecule has 0 aliphatic carbocycles. The number of benzene rings is 1. The summed E-state index contributed by atoms with van der Waals surface area (Å²) >= 11 is 0. The summed E-state index contributed by atoms with van der Waals surface area (Å²) in [6, 6.07) is 9.35. The molecule has 1 aromatic carbocycles. The van der Waals surface area contributed by atoms with Gasteiger partial charge in [-0.15, -0.1) is 0 Å². The topological polar surface area (TPSA) is 47.2 Å². The van der Waals surface area contributed by atoms with Crippen molar-refractivity contribution in [3.8, 4) is 0 Å². The van der Waals surface area contributed by atoms with Crippen molar-refractivity contribution in [1.29, 1.82) is 0 Å². The molecule has 2 rings (SSSR count). The van der Waals surface area contributed by atoms with Gasteiger partial charge in [0.05, 0.1) is 12.6 Å². The first-order valence-corrected chi connectivity index (χ1v) is 5.71. The fourth-order valence-electron chi connectivity index (χ4n) is 1.80. The lowest BCUT2D eigenvalue weighted by Gasteiger charge is -2.10. The summed E-state index contributed by atoms with van der Waals surface area (Å²) in [6.07, 6.45) is 2.79. The Labute approximate surface area is 99.8 Å². The molecule has 90 valence electrons. The lowest BCUT2D eigenvalue weighted by Crippen LogP contribution is -2.25. The molecular formula is C13H16N2O2. The third-order valence-electron chi connectivity index (χ3n) is 2.81. The fraction of sp³-hybridized carbons (Fsp3) is 0.308. The van der Waals surface area contributed by atoms with Crippen LogP contribution in [0.25, 0.3) is 0 Å². The number of nitrogens with zero attached hydrogens (tertiary/aromatic N) is 2. The van der Waals surface area contributed by atoms with Crippen LogP contribution >= 0.6 is 0 Å². The van der Waals surface area contributed by atoms with Gasteiger partial charge in [0.2, 0.25) is 0 Å². The van der Waals surface area contributed by atoms with Crippen molar-refractivity contribution < 1.29 is 5.11 Å². The van der Waals surface area contributed by atoms with E-state index < -0.39 is 6.10 Å². The molecule has 1 heterocycles. The average molecular weight is 232 g/mol. The van der Waals surface area contributed by atoms with Crippen molar-refractivity contribution >= 4 is 0 Å². The zero-order chi connectivity index (χ0) is 12.3. The normalized spacial score (nSPS) is 12.6. The van der Waals surface area contributed by atoms with Crippen LogP contribution < -0.4 is 5.69 Å². The van der Waals surface area contributed by atoms with E-state index in [0.29, 0.717) is 6.54 Å². The number of aryl methyl sites for hydroxylation is 1. The first-order chi connectivity index (χ1) is 8.22. The van der Waals surface area contributed by atoms with Gasteiger partial charge in [-0.2, -0.15) is 0 Å². The third kappa shape index (κ3) is 2.47. The molecule has 0 saturated carbocycles. The van der Waals surface area contributed by atoms with Crippen LogP contribution in [-0.4, -0.2) is 14.2 Å².